The Hall–Kier alpha value is -1.75. The highest BCUT2D eigenvalue weighted by Crippen LogP contribution is 2.33. The van der Waals surface area contributed by atoms with Crippen LogP contribution in [0.3, 0.4) is 0 Å². The minimum absolute atomic E-state index is 0.142. The Kier molecular flexibility index (Phi) is 5.39. The smallest absolute Gasteiger partial charge is 0.242 e. The topological polar surface area (TPSA) is 73.6 Å². The molecule has 0 aliphatic rings. The average molecular weight is 280 g/mol. The van der Waals surface area contributed by atoms with Gasteiger partial charge in [-0.1, -0.05) is 6.92 Å². The molecule has 112 valence electrons. The Bertz CT molecular complexity index is 476. The van der Waals surface area contributed by atoms with Crippen molar-refractivity contribution in [3.63, 3.8) is 0 Å². The van der Waals surface area contributed by atoms with Gasteiger partial charge in [0.2, 0.25) is 5.91 Å². The highest BCUT2D eigenvalue weighted by Gasteiger charge is 2.37. The summed E-state index contributed by atoms with van der Waals surface area (Å²) in [5, 5.41) is 3.27. The van der Waals surface area contributed by atoms with E-state index in [-0.39, 0.29) is 6.04 Å². The molecule has 0 saturated carbocycles. The van der Waals surface area contributed by atoms with Crippen molar-refractivity contribution in [3.05, 3.63) is 23.8 Å². The second-order valence-corrected chi connectivity index (χ2v) is 5.01. The third-order valence-corrected chi connectivity index (χ3v) is 3.59. The Morgan fingerprint density at radius 2 is 2.05 bits per heavy atom. The third-order valence-electron chi connectivity index (χ3n) is 3.59. The van der Waals surface area contributed by atoms with E-state index >= 15 is 0 Å². The van der Waals surface area contributed by atoms with Crippen molar-refractivity contribution in [2.75, 3.05) is 14.2 Å². The molecule has 0 aromatic heterocycles. The van der Waals surface area contributed by atoms with Crippen molar-refractivity contribution in [2.24, 2.45) is 5.73 Å². The van der Waals surface area contributed by atoms with Crippen LogP contribution in [0.2, 0.25) is 0 Å². The fourth-order valence-electron chi connectivity index (χ4n) is 2.08. The van der Waals surface area contributed by atoms with Crippen LogP contribution in [-0.2, 0) is 10.3 Å². The molecule has 5 nitrogen and oxygen atoms in total. The molecule has 1 rings (SSSR count). The lowest BCUT2D eigenvalue weighted by Gasteiger charge is -2.32. The highest BCUT2D eigenvalue weighted by atomic mass is 16.5. The SMILES string of the molecule is CCC(C)NC(C)(C(N)=O)c1cc(OC)ccc1OC. The second kappa shape index (κ2) is 6.61. The van der Waals surface area contributed by atoms with E-state index in [1.54, 1.807) is 39.3 Å². The van der Waals surface area contributed by atoms with Gasteiger partial charge in [-0.2, -0.15) is 0 Å². The average Bonchev–Trinajstić information content (AvgIpc) is 2.45. The number of carbonyl (C=O) groups is 1. The summed E-state index contributed by atoms with van der Waals surface area (Å²) in [5.74, 6) is 0.798. The van der Waals surface area contributed by atoms with Crippen LogP contribution >= 0.6 is 0 Å². The summed E-state index contributed by atoms with van der Waals surface area (Å²) < 4.78 is 10.6. The predicted molar refractivity (Wildman–Crippen MR) is 79.0 cm³/mol. The Balaban J connectivity index is 3.36. The first-order valence-electron chi connectivity index (χ1n) is 6.69. The number of nitrogens with one attached hydrogen (secondary N) is 1. The van der Waals surface area contributed by atoms with Gasteiger partial charge in [-0.15, -0.1) is 0 Å². The van der Waals surface area contributed by atoms with E-state index in [0.717, 1.165) is 6.42 Å². The molecule has 2 unspecified atom stereocenters. The molecule has 5 heteroatoms. The van der Waals surface area contributed by atoms with E-state index in [2.05, 4.69) is 5.32 Å². The Labute approximate surface area is 120 Å². The van der Waals surface area contributed by atoms with Crippen LogP contribution in [0.25, 0.3) is 0 Å². The lowest BCUT2D eigenvalue weighted by Crippen LogP contribution is -2.53. The Morgan fingerprint density at radius 1 is 1.40 bits per heavy atom. The van der Waals surface area contributed by atoms with Crippen LogP contribution in [0.4, 0.5) is 0 Å². The van der Waals surface area contributed by atoms with Gasteiger partial charge in [0, 0.05) is 11.6 Å². The van der Waals surface area contributed by atoms with Gasteiger partial charge in [-0.3, -0.25) is 10.1 Å². The molecule has 0 spiro atoms. The van der Waals surface area contributed by atoms with Crippen molar-refractivity contribution in [1.29, 1.82) is 0 Å². The molecule has 0 heterocycles. The molecule has 0 bridgehead atoms. The largest absolute Gasteiger partial charge is 0.497 e. The summed E-state index contributed by atoms with van der Waals surface area (Å²) in [7, 11) is 3.14. The minimum Gasteiger partial charge on any atom is -0.497 e. The summed E-state index contributed by atoms with van der Waals surface area (Å²) in [6, 6.07) is 5.47. The number of carbonyl (C=O) groups excluding carboxylic acids is 1. The van der Waals surface area contributed by atoms with Gasteiger partial charge in [-0.05, 0) is 38.5 Å². The summed E-state index contributed by atoms with van der Waals surface area (Å²) in [6.07, 6.45) is 0.884. The first-order chi connectivity index (χ1) is 9.38. The summed E-state index contributed by atoms with van der Waals surface area (Å²) in [4.78, 5) is 12.0. The first kappa shape index (κ1) is 16.3. The molecule has 0 saturated heterocycles. The second-order valence-electron chi connectivity index (χ2n) is 5.01. The summed E-state index contributed by atoms with van der Waals surface area (Å²) >= 11 is 0. The summed E-state index contributed by atoms with van der Waals surface area (Å²) in [5.41, 5.74) is 5.28. The fraction of sp³-hybridized carbons (Fsp3) is 0.533. The molecular weight excluding hydrogens is 256 g/mol. The molecular formula is C15H24N2O3. The summed E-state index contributed by atoms with van der Waals surface area (Å²) in [6.45, 7) is 5.81. The van der Waals surface area contributed by atoms with Crippen LogP contribution in [0.5, 0.6) is 11.5 Å². The number of ether oxygens (including phenoxy) is 2. The third kappa shape index (κ3) is 3.22. The molecule has 3 N–H and O–H groups in total. The molecule has 0 fully saturated rings. The maximum atomic E-state index is 12.0. The van der Waals surface area contributed by atoms with Gasteiger partial charge in [-0.25, -0.2) is 0 Å². The maximum Gasteiger partial charge on any atom is 0.242 e. The Morgan fingerprint density at radius 3 is 2.50 bits per heavy atom. The number of benzene rings is 1. The van der Waals surface area contributed by atoms with Crippen molar-refractivity contribution < 1.29 is 14.3 Å². The maximum absolute atomic E-state index is 12.0. The number of nitrogens with two attached hydrogens (primary N) is 1. The first-order valence-corrected chi connectivity index (χ1v) is 6.69. The van der Waals surface area contributed by atoms with E-state index in [9.17, 15) is 4.79 Å². The monoisotopic (exact) mass is 280 g/mol. The van der Waals surface area contributed by atoms with E-state index < -0.39 is 11.4 Å². The highest BCUT2D eigenvalue weighted by molar-refractivity contribution is 5.86. The fourth-order valence-corrected chi connectivity index (χ4v) is 2.08. The number of hydrogen-bond acceptors (Lipinski definition) is 4. The van der Waals surface area contributed by atoms with E-state index in [1.807, 2.05) is 13.8 Å². The van der Waals surface area contributed by atoms with Gasteiger partial charge in [0.1, 0.15) is 17.0 Å². The molecule has 20 heavy (non-hydrogen) atoms. The molecule has 1 amide bonds. The van der Waals surface area contributed by atoms with Crippen LogP contribution < -0.4 is 20.5 Å². The zero-order valence-corrected chi connectivity index (χ0v) is 12.8. The normalized spacial score (nSPS) is 15.2. The van der Waals surface area contributed by atoms with Crippen molar-refractivity contribution in [2.45, 2.75) is 38.8 Å². The number of primary amides is 1. The number of methoxy groups -OCH3 is 2. The van der Waals surface area contributed by atoms with Crippen LogP contribution in [0.1, 0.15) is 32.8 Å². The van der Waals surface area contributed by atoms with Crippen molar-refractivity contribution in [1.82, 2.24) is 5.32 Å². The van der Waals surface area contributed by atoms with E-state index in [0.29, 0.717) is 17.1 Å². The van der Waals surface area contributed by atoms with Crippen LogP contribution in [0.15, 0.2) is 18.2 Å². The van der Waals surface area contributed by atoms with Crippen molar-refractivity contribution in [3.8, 4) is 11.5 Å². The molecule has 2 atom stereocenters. The molecule has 1 aromatic carbocycles. The number of hydrogen-bond donors (Lipinski definition) is 2. The van der Waals surface area contributed by atoms with Gasteiger partial charge in [0.05, 0.1) is 14.2 Å². The van der Waals surface area contributed by atoms with Gasteiger partial charge in [0.15, 0.2) is 0 Å². The van der Waals surface area contributed by atoms with Gasteiger partial charge < -0.3 is 15.2 Å². The van der Waals surface area contributed by atoms with Gasteiger partial charge >= 0.3 is 0 Å². The number of amides is 1. The molecule has 0 aliphatic heterocycles. The predicted octanol–water partition coefficient (Wildman–Crippen LogP) is 1.79. The standard InChI is InChI=1S/C15H24N2O3/c1-6-10(2)17-15(3,14(16)18)12-9-11(19-4)7-8-13(12)20-5/h7-10,17H,6H2,1-5H3,(H2,16,18). The lowest BCUT2D eigenvalue weighted by atomic mass is 9.89. The molecule has 0 radical (unpaired) electrons. The van der Waals surface area contributed by atoms with Gasteiger partial charge in [0.25, 0.3) is 0 Å². The quantitative estimate of drug-likeness (QED) is 0.798. The molecule has 0 aliphatic carbocycles. The number of rotatable bonds is 7. The minimum atomic E-state index is -1.02. The van der Waals surface area contributed by atoms with Crippen LogP contribution in [-0.4, -0.2) is 26.2 Å². The van der Waals surface area contributed by atoms with E-state index in [1.165, 1.54) is 0 Å². The van der Waals surface area contributed by atoms with Crippen LogP contribution in [0, 0.1) is 0 Å². The zero-order valence-electron chi connectivity index (χ0n) is 12.8. The molecule has 1 aromatic rings. The lowest BCUT2D eigenvalue weighted by molar-refractivity contribution is -0.124. The van der Waals surface area contributed by atoms with Crippen molar-refractivity contribution >= 4 is 5.91 Å². The zero-order chi connectivity index (χ0) is 15.3. The van der Waals surface area contributed by atoms with E-state index in [4.69, 9.17) is 15.2 Å².